The topological polar surface area (TPSA) is 71.3 Å². The van der Waals surface area contributed by atoms with E-state index in [1.807, 2.05) is 73.3 Å². The van der Waals surface area contributed by atoms with E-state index in [2.05, 4.69) is 226 Å². The van der Waals surface area contributed by atoms with Crippen molar-refractivity contribution in [2.24, 2.45) is 0 Å². The van der Waals surface area contributed by atoms with E-state index < -0.39 is 0 Å². The second-order valence-electron chi connectivity index (χ2n) is 22.5. The number of benzene rings is 9. The molecule has 86 heavy (non-hydrogen) atoms. The number of hydrogen-bond acceptors (Lipinski definition) is 4. The number of pyridine rings is 4. The Bertz CT molecular complexity index is 4920. The highest BCUT2D eigenvalue weighted by Crippen LogP contribution is 2.51. The number of rotatable bonds is 9. The molecule has 17 aromatic rings. The van der Waals surface area contributed by atoms with Gasteiger partial charge in [0, 0.05) is 95.7 Å². The van der Waals surface area contributed by atoms with Crippen LogP contribution in [0.1, 0.15) is 25.3 Å². The Balaban J connectivity index is 1.12. The van der Waals surface area contributed by atoms with Gasteiger partial charge in [0.25, 0.3) is 0 Å². The van der Waals surface area contributed by atoms with Crippen LogP contribution in [0.2, 0.25) is 0 Å². The van der Waals surface area contributed by atoms with Crippen molar-refractivity contribution in [2.45, 2.75) is 19.8 Å². The molecule has 0 radical (unpaired) electrons. The fourth-order valence-corrected chi connectivity index (χ4v) is 13.7. The maximum absolute atomic E-state index is 21.3. The fourth-order valence-electron chi connectivity index (χ4n) is 13.7. The van der Waals surface area contributed by atoms with E-state index in [4.69, 9.17) is 19.9 Å². The summed E-state index contributed by atoms with van der Waals surface area (Å²) in [4.78, 5) is 19.4. The second-order valence-corrected chi connectivity index (χ2v) is 22.5. The van der Waals surface area contributed by atoms with Gasteiger partial charge in [0.15, 0.2) is 5.82 Å². The van der Waals surface area contributed by atoms with Crippen molar-refractivity contribution in [1.82, 2.24) is 38.2 Å². The van der Waals surface area contributed by atoms with E-state index in [9.17, 15) is 0 Å². The van der Waals surface area contributed by atoms with Crippen molar-refractivity contribution >= 4 is 87.2 Å². The SMILES string of the molecule is CC(C)c1c(-n2c3ccc(-c4ccccn4)cc3c3cc(-c4ccccn4)ccc32)c(-n2c3ccccc3c3ccccc32)c(F)c(-n2c3ccccc3c3ccccc32)c1-n1c2ccc(-c3ccccn3)cc2c2cc(-c3ccccn3)ccc21. The molecule has 0 N–H and O–H groups in total. The minimum atomic E-state index is -0.382. The van der Waals surface area contributed by atoms with Crippen LogP contribution in [0.5, 0.6) is 0 Å². The Labute approximate surface area is 493 Å². The highest BCUT2D eigenvalue weighted by molar-refractivity contribution is 6.16. The first-order chi connectivity index (χ1) is 42.5. The number of nitrogens with zero attached hydrogens (tertiary/aromatic N) is 8. The van der Waals surface area contributed by atoms with Gasteiger partial charge < -0.3 is 18.3 Å². The van der Waals surface area contributed by atoms with E-state index in [1.165, 1.54) is 0 Å². The van der Waals surface area contributed by atoms with Crippen LogP contribution in [0.3, 0.4) is 0 Å². The number of halogens is 1. The zero-order valence-electron chi connectivity index (χ0n) is 46.9. The molecule has 0 aliphatic rings. The fraction of sp³-hybridized carbons (Fsp3) is 0.0390. The Hall–Kier alpha value is -11.3. The van der Waals surface area contributed by atoms with Crippen LogP contribution in [0, 0.1) is 5.82 Å². The average Bonchev–Trinajstić information content (AvgIpc) is 1.50. The highest BCUT2D eigenvalue weighted by Gasteiger charge is 2.36. The zero-order chi connectivity index (χ0) is 57.1. The molecule has 0 aliphatic heterocycles. The Morgan fingerprint density at radius 1 is 0.267 bits per heavy atom. The molecule has 406 valence electrons. The van der Waals surface area contributed by atoms with Crippen LogP contribution < -0.4 is 0 Å². The molecule has 0 spiro atoms. The predicted molar refractivity (Wildman–Crippen MR) is 351 cm³/mol. The van der Waals surface area contributed by atoms with Crippen LogP contribution in [-0.4, -0.2) is 38.2 Å². The van der Waals surface area contributed by atoms with Gasteiger partial charge in [-0.05, 0) is 127 Å². The van der Waals surface area contributed by atoms with Gasteiger partial charge in [-0.3, -0.25) is 19.9 Å². The monoisotopic (exact) mass is 1110 g/mol. The van der Waals surface area contributed by atoms with E-state index >= 15 is 4.39 Å². The van der Waals surface area contributed by atoms with Crippen molar-refractivity contribution in [1.29, 1.82) is 0 Å². The van der Waals surface area contributed by atoms with Crippen molar-refractivity contribution in [2.75, 3.05) is 0 Å². The molecule has 0 aliphatic carbocycles. The van der Waals surface area contributed by atoms with E-state index in [0.29, 0.717) is 11.4 Å². The molecule has 0 saturated heterocycles. The van der Waals surface area contributed by atoms with Gasteiger partial charge in [0.1, 0.15) is 11.4 Å². The summed E-state index contributed by atoms with van der Waals surface area (Å²) in [5, 5.41) is 8.10. The largest absolute Gasteiger partial charge is 0.307 e. The summed E-state index contributed by atoms with van der Waals surface area (Å²) in [6, 6.07) is 84.3. The molecular formula is C77H51FN8. The summed E-state index contributed by atoms with van der Waals surface area (Å²) in [6.45, 7) is 4.54. The van der Waals surface area contributed by atoms with Gasteiger partial charge in [-0.25, -0.2) is 4.39 Å². The van der Waals surface area contributed by atoms with Crippen LogP contribution in [0.25, 0.3) is 155 Å². The van der Waals surface area contributed by atoms with Crippen molar-refractivity contribution < 1.29 is 4.39 Å². The van der Waals surface area contributed by atoms with Crippen molar-refractivity contribution in [3.8, 4) is 67.8 Å². The molecule has 0 saturated carbocycles. The first kappa shape index (κ1) is 49.3. The zero-order valence-corrected chi connectivity index (χ0v) is 46.9. The first-order valence-corrected chi connectivity index (χ1v) is 29.2. The first-order valence-electron chi connectivity index (χ1n) is 29.2. The number of aromatic nitrogens is 8. The third-order valence-electron chi connectivity index (χ3n) is 17.4. The Kier molecular flexibility index (Phi) is 11.1. The van der Waals surface area contributed by atoms with Gasteiger partial charge >= 0.3 is 0 Å². The van der Waals surface area contributed by atoms with Gasteiger partial charge in [0.05, 0.1) is 78.3 Å². The molecule has 0 atom stereocenters. The Morgan fingerprint density at radius 3 is 0.767 bits per heavy atom. The lowest BCUT2D eigenvalue weighted by Gasteiger charge is -2.30. The standard InChI is InChI=1S/C77H51FN8/c1-47(2)72-74(83-68-35-31-48(60-23-11-15-39-79-60)43-56(68)57-44-49(32-36-69(57)83)61-24-12-16-40-80-61)76(85-64-27-7-3-19-52(64)53-20-4-8-28-65(53)85)73(78)77(86-66-29-9-5-21-54(66)55-22-6-10-30-67(55)86)75(72)84-70-37-33-50(62-25-13-17-41-81-62)45-58(70)59-46-51(34-38-71(59)84)63-26-14-18-42-82-63/h3-47H,1-2H3. The quantitative estimate of drug-likeness (QED) is 0.144. The summed E-state index contributed by atoms with van der Waals surface area (Å²) >= 11 is 0. The van der Waals surface area contributed by atoms with Gasteiger partial charge in [-0.2, -0.15) is 0 Å². The lowest BCUT2D eigenvalue weighted by molar-refractivity contribution is 0.609. The minimum Gasteiger partial charge on any atom is -0.307 e. The van der Waals surface area contributed by atoms with E-state index in [-0.39, 0.29) is 11.7 Å². The number of hydrogen-bond donors (Lipinski definition) is 0. The lowest BCUT2D eigenvalue weighted by atomic mass is 9.94. The van der Waals surface area contributed by atoms with Crippen molar-refractivity contribution in [3.63, 3.8) is 0 Å². The average molecular weight is 1110 g/mol. The molecule has 9 aromatic carbocycles. The Morgan fingerprint density at radius 2 is 0.512 bits per heavy atom. The number of para-hydroxylation sites is 4. The van der Waals surface area contributed by atoms with Gasteiger partial charge in [-0.1, -0.05) is 135 Å². The maximum atomic E-state index is 21.3. The molecule has 8 nitrogen and oxygen atoms in total. The van der Waals surface area contributed by atoms with E-state index in [0.717, 1.165) is 149 Å². The molecule has 0 unspecified atom stereocenters. The summed E-state index contributed by atoms with van der Waals surface area (Å²) in [5.41, 5.74) is 17.8. The van der Waals surface area contributed by atoms with Crippen LogP contribution in [0.15, 0.2) is 267 Å². The smallest absolute Gasteiger partial charge is 0.175 e. The predicted octanol–water partition coefficient (Wildman–Crippen LogP) is 19.6. The van der Waals surface area contributed by atoms with Crippen LogP contribution in [0.4, 0.5) is 4.39 Å². The third-order valence-corrected chi connectivity index (χ3v) is 17.4. The summed E-state index contributed by atoms with van der Waals surface area (Å²) in [7, 11) is 0. The lowest BCUT2D eigenvalue weighted by Crippen LogP contribution is -2.18. The molecule has 0 amide bonds. The summed E-state index contributed by atoms with van der Waals surface area (Å²) < 4.78 is 30.4. The molecule has 17 rings (SSSR count). The van der Waals surface area contributed by atoms with Crippen LogP contribution >= 0.6 is 0 Å². The molecular weight excluding hydrogens is 1060 g/mol. The second kappa shape index (κ2) is 19.4. The molecule has 8 heterocycles. The molecule has 8 aromatic heterocycles. The molecule has 0 fully saturated rings. The number of fused-ring (bicyclic) bond motifs is 12. The van der Waals surface area contributed by atoms with Crippen LogP contribution in [-0.2, 0) is 0 Å². The third kappa shape index (κ3) is 7.40. The minimum absolute atomic E-state index is 0.236. The summed E-state index contributed by atoms with van der Waals surface area (Å²) in [6.07, 6.45) is 7.35. The molecule has 0 bridgehead atoms. The van der Waals surface area contributed by atoms with Gasteiger partial charge in [0.2, 0.25) is 0 Å². The normalized spacial score (nSPS) is 12.0. The van der Waals surface area contributed by atoms with Gasteiger partial charge in [-0.15, -0.1) is 0 Å². The highest BCUT2D eigenvalue weighted by atomic mass is 19.1. The van der Waals surface area contributed by atoms with E-state index in [1.54, 1.807) is 0 Å². The van der Waals surface area contributed by atoms with Crippen molar-refractivity contribution in [3.05, 3.63) is 279 Å². The maximum Gasteiger partial charge on any atom is 0.175 e. The summed E-state index contributed by atoms with van der Waals surface area (Å²) in [5.74, 6) is -0.617. The molecule has 9 heteroatoms.